The fourth-order valence-electron chi connectivity index (χ4n) is 3.98. The van der Waals surface area contributed by atoms with Crippen molar-refractivity contribution >= 4 is 35.0 Å². The normalized spacial score (nSPS) is 12.6. The molecular weight excluding hydrogens is 463 g/mol. The molecule has 3 rings (SSSR count). The number of carbonyl (C=O) groups is 2. The van der Waals surface area contributed by atoms with E-state index in [1.54, 1.807) is 6.29 Å². The molecule has 36 heavy (non-hydrogen) atoms. The number of nitrogens with zero attached hydrogens (tertiary/aromatic N) is 1. The lowest BCUT2D eigenvalue weighted by atomic mass is 10.0. The van der Waals surface area contributed by atoms with Crippen molar-refractivity contribution in [2.24, 2.45) is 11.5 Å². The van der Waals surface area contributed by atoms with E-state index in [1.165, 1.54) is 24.3 Å². The third-order valence-electron chi connectivity index (χ3n) is 5.83. The molecule has 0 aliphatic rings. The van der Waals surface area contributed by atoms with Gasteiger partial charge in [0, 0.05) is 17.4 Å². The molecular formula is C26H30FN6O3. The van der Waals surface area contributed by atoms with Crippen molar-refractivity contribution in [3.8, 4) is 0 Å². The number of halogens is 1. The van der Waals surface area contributed by atoms with E-state index in [0.29, 0.717) is 36.6 Å². The van der Waals surface area contributed by atoms with Crippen molar-refractivity contribution < 1.29 is 18.8 Å². The summed E-state index contributed by atoms with van der Waals surface area (Å²) in [4.78, 5) is 42.4. The molecule has 10 heteroatoms. The third kappa shape index (κ3) is 6.98. The lowest BCUT2D eigenvalue weighted by Crippen LogP contribution is -2.52. The number of carbonyl (C=O) groups excluding carboxylic acids is 3. The molecule has 0 saturated heterocycles. The quantitative estimate of drug-likeness (QED) is 0.148. The minimum Gasteiger partial charge on any atom is -0.370 e. The number of imide groups is 1. The predicted octanol–water partition coefficient (Wildman–Crippen LogP) is 2.37. The molecule has 2 amide bonds. The van der Waals surface area contributed by atoms with Gasteiger partial charge in [0.1, 0.15) is 17.6 Å². The maximum atomic E-state index is 13.6. The molecule has 0 fully saturated rings. The van der Waals surface area contributed by atoms with Gasteiger partial charge in [-0.15, -0.1) is 0 Å². The Kier molecular flexibility index (Phi) is 9.29. The number of hydrogen-bond acceptors (Lipinski definition) is 5. The van der Waals surface area contributed by atoms with Gasteiger partial charge in [-0.1, -0.05) is 30.3 Å². The number of aryl methyl sites for hydroxylation is 1. The summed E-state index contributed by atoms with van der Waals surface area (Å²) in [6, 6.07) is 13.0. The van der Waals surface area contributed by atoms with E-state index >= 15 is 0 Å². The van der Waals surface area contributed by atoms with E-state index < -0.39 is 29.7 Å². The zero-order chi connectivity index (χ0) is 26.1. The van der Waals surface area contributed by atoms with Crippen LogP contribution in [-0.2, 0) is 16.0 Å². The molecule has 2 atom stereocenters. The average molecular weight is 494 g/mol. The molecule has 0 unspecified atom stereocenters. The molecule has 0 spiro atoms. The Morgan fingerprint density at radius 2 is 1.86 bits per heavy atom. The van der Waals surface area contributed by atoms with Gasteiger partial charge in [0.05, 0.1) is 6.04 Å². The number of hydrogen-bond donors (Lipinski definition) is 5. The van der Waals surface area contributed by atoms with Crippen LogP contribution in [0, 0.1) is 11.2 Å². The summed E-state index contributed by atoms with van der Waals surface area (Å²) >= 11 is 0. The van der Waals surface area contributed by atoms with Crippen LogP contribution < -0.4 is 16.8 Å². The van der Waals surface area contributed by atoms with Gasteiger partial charge in [-0.3, -0.25) is 24.7 Å². The van der Waals surface area contributed by atoms with Gasteiger partial charge in [0.25, 0.3) is 5.91 Å². The lowest BCUT2D eigenvalue weighted by molar-refractivity contribution is -0.131. The third-order valence-corrected chi connectivity index (χ3v) is 5.83. The topological polar surface area (TPSA) is 158 Å². The zero-order valence-corrected chi connectivity index (χ0v) is 19.8. The molecule has 1 aromatic heterocycles. The predicted molar refractivity (Wildman–Crippen MR) is 135 cm³/mol. The Labute approximate surface area is 208 Å². The highest BCUT2D eigenvalue weighted by atomic mass is 19.1. The van der Waals surface area contributed by atoms with E-state index in [2.05, 4.69) is 10.3 Å². The Morgan fingerprint density at radius 1 is 1.11 bits per heavy atom. The van der Waals surface area contributed by atoms with Gasteiger partial charge < -0.3 is 21.8 Å². The Hall–Kier alpha value is -4.05. The summed E-state index contributed by atoms with van der Waals surface area (Å²) < 4.78 is 13.6. The number of aromatic amines is 1. The SMILES string of the molecule is N=C(N)NCCC[C@@H]([C]=O)N(C(=O)c1cc2cc(F)ccc2[nH]1)C(=O)[C@H](N)CCCc1ccccc1. The second-order valence-corrected chi connectivity index (χ2v) is 8.53. The van der Waals surface area contributed by atoms with Gasteiger partial charge in [-0.2, -0.15) is 0 Å². The lowest BCUT2D eigenvalue weighted by Gasteiger charge is -2.28. The van der Waals surface area contributed by atoms with Crippen LogP contribution in [-0.4, -0.2) is 52.6 Å². The number of guanidine groups is 1. The van der Waals surface area contributed by atoms with Crippen molar-refractivity contribution in [2.75, 3.05) is 6.54 Å². The molecule has 0 aliphatic heterocycles. The van der Waals surface area contributed by atoms with E-state index in [9.17, 15) is 18.8 Å². The maximum absolute atomic E-state index is 13.6. The van der Waals surface area contributed by atoms with E-state index in [0.717, 1.165) is 10.5 Å². The van der Waals surface area contributed by atoms with Crippen LogP contribution in [0.25, 0.3) is 10.9 Å². The summed E-state index contributed by atoms with van der Waals surface area (Å²) in [5.74, 6) is -2.13. The Bertz CT molecular complexity index is 1210. The average Bonchev–Trinajstić information content (AvgIpc) is 3.29. The molecule has 1 radical (unpaired) electrons. The number of benzene rings is 2. The zero-order valence-electron chi connectivity index (χ0n) is 19.8. The largest absolute Gasteiger partial charge is 0.370 e. The van der Waals surface area contributed by atoms with Gasteiger partial charge in [0.15, 0.2) is 5.96 Å². The molecule has 2 aromatic carbocycles. The van der Waals surface area contributed by atoms with E-state index in [4.69, 9.17) is 16.9 Å². The van der Waals surface area contributed by atoms with Gasteiger partial charge >= 0.3 is 0 Å². The number of rotatable bonds is 12. The number of H-pyrrole nitrogens is 1. The first kappa shape index (κ1) is 26.6. The number of amides is 2. The highest BCUT2D eigenvalue weighted by molar-refractivity contribution is 6.08. The van der Waals surface area contributed by atoms with Crippen molar-refractivity contribution in [1.82, 2.24) is 15.2 Å². The molecule has 0 saturated carbocycles. The maximum Gasteiger partial charge on any atom is 0.277 e. The van der Waals surface area contributed by atoms with Crippen molar-refractivity contribution in [2.45, 2.75) is 44.2 Å². The van der Waals surface area contributed by atoms with Crippen LogP contribution in [0.5, 0.6) is 0 Å². The summed E-state index contributed by atoms with van der Waals surface area (Å²) in [6.07, 6.45) is 3.88. The second-order valence-electron chi connectivity index (χ2n) is 8.53. The van der Waals surface area contributed by atoms with Crippen LogP contribution in [0.15, 0.2) is 54.6 Å². The standard InChI is InChI=1S/C26H30FN6O3/c27-19-11-12-22-18(14-19)15-23(32-22)25(36)33(20(16-34)9-5-13-31-26(29)30)24(35)21(28)10-4-8-17-6-2-1-3-7-17/h1-3,6-7,11-12,14-15,20-21,32H,4-5,8-10,13,28H2,(H4,29,30,31)/t20-,21+/m0/s1. The van der Waals surface area contributed by atoms with Crippen molar-refractivity contribution in [3.05, 3.63) is 71.7 Å². The van der Waals surface area contributed by atoms with Crippen LogP contribution in [0.3, 0.4) is 0 Å². The fourth-order valence-corrected chi connectivity index (χ4v) is 3.98. The highest BCUT2D eigenvalue weighted by Crippen LogP contribution is 2.20. The smallest absolute Gasteiger partial charge is 0.277 e. The Morgan fingerprint density at radius 3 is 2.56 bits per heavy atom. The monoisotopic (exact) mass is 493 g/mol. The van der Waals surface area contributed by atoms with Crippen molar-refractivity contribution in [3.63, 3.8) is 0 Å². The first-order chi connectivity index (χ1) is 17.3. The van der Waals surface area contributed by atoms with Crippen LogP contribution >= 0.6 is 0 Å². The first-order valence-electron chi connectivity index (χ1n) is 11.7. The van der Waals surface area contributed by atoms with Crippen LogP contribution in [0.1, 0.15) is 41.7 Å². The molecule has 1 heterocycles. The second kappa shape index (κ2) is 12.6. The summed E-state index contributed by atoms with van der Waals surface area (Å²) in [5.41, 5.74) is 13.1. The fraction of sp³-hybridized carbons (Fsp3) is 0.308. The molecule has 9 nitrogen and oxygen atoms in total. The highest BCUT2D eigenvalue weighted by Gasteiger charge is 2.34. The minimum absolute atomic E-state index is 0.0301. The van der Waals surface area contributed by atoms with Crippen LogP contribution in [0.2, 0.25) is 0 Å². The first-order valence-corrected chi connectivity index (χ1v) is 11.7. The number of nitrogens with one attached hydrogen (secondary N) is 3. The number of fused-ring (bicyclic) bond motifs is 1. The van der Waals surface area contributed by atoms with Gasteiger partial charge in [-0.25, -0.2) is 4.39 Å². The summed E-state index contributed by atoms with van der Waals surface area (Å²) in [7, 11) is 0. The number of nitrogens with two attached hydrogens (primary N) is 2. The van der Waals surface area contributed by atoms with Crippen molar-refractivity contribution in [1.29, 1.82) is 5.41 Å². The molecule has 189 valence electrons. The van der Waals surface area contributed by atoms with Crippen LogP contribution in [0.4, 0.5) is 4.39 Å². The molecule has 3 aromatic rings. The van der Waals surface area contributed by atoms with Gasteiger partial charge in [-0.05, 0) is 61.9 Å². The van der Waals surface area contributed by atoms with E-state index in [-0.39, 0.29) is 24.6 Å². The summed E-state index contributed by atoms with van der Waals surface area (Å²) in [5, 5.41) is 10.3. The van der Waals surface area contributed by atoms with E-state index in [1.807, 2.05) is 30.3 Å². The Balaban J connectivity index is 1.79. The summed E-state index contributed by atoms with van der Waals surface area (Å²) in [6.45, 7) is 0.276. The molecule has 7 N–H and O–H groups in total. The minimum atomic E-state index is -1.19. The number of aromatic nitrogens is 1. The molecule has 0 aliphatic carbocycles. The molecule has 0 bridgehead atoms. The van der Waals surface area contributed by atoms with Gasteiger partial charge in [0.2, 0.25) is 12.2 Å².